The molecular weight excluding hydrogens is 400 g/mol. The maximum Gasteiger partial charge on any atom is 0.251 e. The highest BCUT2D eigenvalue weighted by Crippen LogP contribution is 2.17. The van der Waals surface area contributed by atoms with Crippen LogP contribution in [-0.2, 0) is 13.2 Å². The molecule has 2 unspecified atom stereocenters. The number of amides is 1. The van der Waals surface area contributed by atoms with E-state index in [9.17, 15) is 9.90 Å². The van der Waals surface area contributed by atoms with Gasteiger partial charge in [-0.1, -0.05) is 60.7 Å². The van der Waals surface area contributed by atoms with E-state index in [0.29, 0.717) is 30.9 Å². The van der Waals surface area contributed by atoms with E-state index in [-0.39, 0.29) is 11.9 Å². The summed E-state index contributed by atoms with van der Waals surface area (Å²) in [4.78, 5) is 15.1. The van der Waals surface area contributed by atoms with E-state index < -0.39 is 6.10 Å². The summed E-state index contributed by atoms with van der Waals surface area (Å²) in [6, 6.07) is 27.1. The van der Waals surface area contributed by atoms with E-state index >= 15 is 0 Å². The molecule has 1 saturated heterocycles. The highest BCUT2D eigenvalue weighted by atomic mass is 16.5. The second kappa shape index (κ2) is 10.9. The van der Waals surface area contributed by atoms with Gasteiger partial charge in [0.25, 0.3) is 5.91 Å². The topological polar surface area (TPSA) is 61.8 Å². The van der Waals surface area contributed by atoms with Crippen LogP contribution in [-0.4, -0.2) is 41.1 Å². The maximum absolute atomic E-state index is 12.8. The molecule has 3 aromatic carbocycles. The number of aliphatic hydroxyl groups excluding tert-OH is 1. The third-order valence-corrected chi connectivity index (χ3v) is 5.82. The number of nitrogens with zero attached hydrogens (tertiary/aromatic N) is 1. The Morgan fingerprint density at radius 2 is 1.59 bits per heavy atom. The van der Waals surface area contributed by atoms with Crippen LogP contribution in [0.4, 0.5) is 0 Å². The van der Waals surface area contributed by atoms with Crippen LogP contribution in [0.15, 0.2) is 84.9 Å². The van der Waals surface area contributed by atoms with Crippen molar-refractivity contribution in [2.45, 2.75) is 38.1 Å². The lowest BCUT2D eigenvalue weighted by Gasteiger charge is -2.27. The van der Waals surface area contributed by atoms with E-state index in [1.165, 1.54) is 5.56 Å². The highest BCUT2D eigenvalue weighted by molar-refractivity contribution is 5.94. The number of aliphatic hydroxyl groups is 1. The minimum Gasteiger partial charge on any atom is -0.489 e. The third kappa shape index (κ3) is 6.19. The lowest BCUT2D eigenvalue weighted by molar-refractivity contribution is 0.0798. The van der Waals surface area contributed by atoms with Crippen LogP contribution in [0.25, 0.3) is 0 Å². The number of rotatable bonds is 7. The second-order valence-electron chi connectivity index (χ2n) is 8.31. The fraction of sp³-hybridized carbons (Fsp3) is 0.296. The predicted octanol–water partition coefficient (Wildman–Crippen LogP) is 4.02. The number of likely N-dealkylation sites (tertiary alicyclic amines) is 1. The van der Waals surface area contributed by atoms with E-state index in [1.54, 1.807) is 12.1 Å². The molecule has 0 aliphatic carbocycles. The summed E-state index contributed by atoms with van der Waals surface area (Å²) in [6.07, 6.45) is 1.05. The monoisotopic (exact) mass is 430 g/mol. The second-order valence-corrected chi connectivity index (χ2v) is 8.31. The summed E-state index contributed by atoms with van der Waals surface area (Å²) in [7, 11) is 0. The molecule has 5 heteroatoms. The predicted molar refractivity (Wildman–Crippen MR) is 125 cm³/mol. The average Bonchev–Trinajstić information content (AvgIpc) is 3.00. The Balaban J connectivity index is 1.33. The van der Waals surface area contributed by atoms with E-state index in [4.69, 9.17) is 4.74 Å². The zero-order valence-corrected chi connectivity index (χ0v) is 18.2. The summed E-state index contributed by atoms with van der Waals surface area (Å²) < 4.78 is 5.80. The van der Waals surface area contributed by atoms with Crippen molar-refractivity contribution >= 4 is 5.91 Å². The Bertz CT molecular complexity index is 977. The van der Waals surface area contributed by atoms with Gasteiger partial charge < -0.3 is 15.2 Å². The molecule has 0 bridgehead atoms. The fourth-order valence-corrected chi connectivity index (χ4v) is 4.04. The zero-order chi connectivity index (χ0) is 22.2. The van der Waals surface area contributed by atoms with Gasteiger partial charge in [0.05, 0.1) is 12.1 Å². The Labute approximate surface area is 189 Å². The lowest BCUT2D eigenvalue weighted by Crippen LogP contribution is -2.48. The number of carbonyl (C=O) groups excluding carboxylic acids is 1. The Morgan fingerprint density at radius 1 is 0.938 bits per heavy atom. The third-order valence-electron chi connectivity index (χ3n) is 5.82. The first-order valence-electron chi connectivity index (χ1n) is 11.2. The summed E-state index contributed by atoms with van der Waals surface area (Å²) in [6.45, 7) is 2.83. The van der Waals surface area contributed by atoms with Crippen molar-refractivity contribution in [3.63, 3.8) is 0 Å². The van der Waals surface area contributed by atoms with Crippen molar-refractivity contribution in [3.8, 4) is 5.75 Å². The van der Waals surface area contributed by atoms with Crippen molar-refractivity contribution in [3.05, 3.63) is 102 Å². The molecule has 0 aromatic heterocycles. The van der Waals surface area contributed by atoms with Crippen LogP contribution in [0.2, 0.25) is 0 Å². The molecule has 2 N–H and O–H groups in total. The van der Waals surface area contributed by atoms with Gasteiger partial charge in [-0.3, -0.25) is 9.69 Å². The van der Waals surface area contributed by atoms with Gasteiger partial charge in [0, 0.05) is 18.7 Å². The molecule has 1 aliphatic heterocycles. The summed E-state index contributed by atoms with van der Waals surface area (Å²) >= 11 is 0. The Kier molecular flexibility index (Phi) is 7.54. The molecular formula is C27H30N2O3. The SMILES string of the molecule is O=C(NC1CN(Cc2ccccc2)CCCC1O)c1ccc(OCc2ccccc2)cc1. The largest absolute Gasteiger partial charge is 0.489 e. The van der Waals surface area contributed by atoms with Crippen LogP contribution < -0.4 is 10.1 Å². The number of hydrogen-bond donors (Lipinski definition) is 2. The first-order chi connectivity index (χ1) is 15.7. The lowest BCUT2D eigenvalue weighted by atomic mass is 10.1. The van der Waals surface area contributed by atoms with Crippen LogP contribution in [0.3, 0.4) is 0 Å². The minimum absolute atomic E-state index is 0.176. The number of carbonyl (C=O) groups is 1. The van der Waals surface area contributed by atoms with Gasteiger partial charge in [-0.05, 0) is 54.8 Å². The van der Waals surface area contributed by atoms with Crippen molar-refractivity contribution in [1.82, 2.24) is 10.2 Å². The van der Waals surface area contributed by atoms with Crippen molar-refractivity contribution < 1.29 is 14.6 Å². The van der Waals surface area contributed by atoms with E-state index in [1.807, 2.05) is 60.7 Å². The molecule has 32 heavy (non-hydrogen) atoms. The first kappa shape index (κ1) is 22.1. The van der Waals surface area contributed by atoms with Crippen LogP contribution in [0, 0.1) is 0 Å². The summed E-state index contributed by atoms with van der Waals surface area (Å²) in [5.41, 5.74) is 2.89. The van der Waals surface area contributed by atoms with Gasteiger partial charge in [-0.15, -0.1) is 0 Å². The van der Waals surface area contributed by atoms with Crippen molar-refractivity contribution in [1.29, 1.82) is 0 Å². The van der Waals surface area contributed by atoms with E-state index in [0.717, 1.165) is 25.1 Å². The van der Waals surface area contributed by atoms with E-state index in [2.05, 4.69) is 22.3 Å². The van der Waals surface area contributed by atoms with Gasteiger partial charge in [-0.25, -0.2) is 0 Å². The van der Waals surface area contributed by atoms with Crippen LogP contribution in [0.1, 0.15) is 34.3 Å². The van der Waals surface area contributed by atoms with Crippen LogP contribution in [0.5, 0.6) is 5.75 Å². The molecule has 3 aromatic rings. The molecule has 1 amide bonds. The number of benzene rings is 3. The molecule has 1 aliphatic rings. The smallest absolute Gasteiger partial charge is 0.251 e. The van der Waals surface area contributed by atoms with Gasteiger partial charge >= 0.3 is 0 Å². The molecule has 5 nitrogen and oxygen atoms in total. The molecule has 166 valence electrons. The molecule has 0 saturated carbocycles. The van der Waals surface area contributed by atoms with Crippen LogP contribution >= 0.6 is 0 Å². The van der Waals surface area contributed by atoms with Crippen molar-refractivity contribution in [2.24, 2.45) is 0 Å². The zero-order valence-electron chi connectivity index (χ0n) is 18.2. The fourth-order valence-electron chi connectivity index (χ4n) is 4.04. The molecule has 1 heterocycles. The van der Waals surface area contributed by atoms with Gasteiger partial charge in [0.1, 0.15) is 12.4 Å². The number of ether oxygens (including phenoxy) is 1. The van der Waals surface area contributed by atoms with Crippen molar-refractivity contribution in [2.75, 3.05) is 13.1 Å². The highest BCUT2D eigenvalue weighted by Gasteiger charge is 2.27. The first-order valence-corrected chi connectivity index (χ1v) is 11.2. The normalized spacial score (nSPS) is 19.2. The molecule has 0 radical (unpaired) electrons. The number of hydrogen-bond acceptors (Lipinski definition) is 4. The molecule has 2 atom stereocenters. The van der Waals surface area contributed by atoms with Gasteiger partial charge in [-0.2, -0.15) is 0 Å². The van der Waals surface area contributed by atoms with Gasteiger partial charge in [0.15, 0.2) is 0 Å². The average molecular weight is 431 g/mol. The Hall–Kier alpha value is -3.15. The minimum atomic E-state index is -0.548. The summed E-state index contributed by atoms with van der Waals surface area (Å²) in [5, 5.41) is 13.6. The Morgan fingerprint density at radius 3 is 2.28 bits per heavy atom. The summed E-state index contributed by atoms with van der Waals surface area (Å²) in [5.74, 6) is 0.541. The van der Waals surface area contributed by atoms with Gasteiger partial charge in [0.2, 0.25) is 0 Å². The standard InChI is InChI=1S/C27H30N2O3/c30-26-12-7-17-29(18-21-8-3-1-4-9-21)19-25(26)28-27(31)23-13-15-24(16-14-23)32-20-22-10-5-2-6-11-22/h1-6,8-11,13-16,25-26,30H,7,12,17-20H2,(H,28,31). The number of nitrogens with one attached hydrogen (secondary N) is 1. The molecule has 0 spiro atoms. The maximum atomic E-state index is 12.8. The quantitative estimate of drug-likeness (QED) is 0.594. The molecule has 4 rings (SSSR count). The molecule has 1 fully saturated rings.